The molecule has 2 unspecified atom stereocenters. The first-order valence-electron chi connectivity index (χ1n) is 5.07. The number of anilines is 1. The predicted molar refractivity (Wildman–Crippen MR) is 66.6 cm³/mol. The topological polar surface area (TPSA) is 71.8 Å². The summed E-state index contributed by atoms with van der Waals surface area (Å²) in [4.78, 5) is 0. The zero-order valence-corrected chi connectivity index (χ0v) is 10.9. The van der Waals surface area contributed by atoms with Crippen LogP contribution in [0.15, 0.2) is 0 Å². The maximum Gasteiger partial charge on any atom is 0.122 e. The maximum atomic E-state index is 11.3. The molecule has 16 heavy (non-hydrogen) atoms. The molecule has 2 N–H and O–H groups in total. The first-order chi connectivity index (χ1) is 7.40. The largest absolute Gasteiger partial charge is 0.384 e. The van der Waals surface area contributed by atoms with Crippen LogP contribution >= 0.6 is 0 Å². The van der Waals surface area contributed by atoms with Crippen molar-refractivity contribution >= 4 is 16.6 Å². The second kappa shape index (κ2) is 4.71. The highest BCUT2D eigenvalue weighted by Gasteiger charge is 2.17. The lowest BCUT2D eigenvalue weighted by molar-refractivity contribution is 0.640. The normalized spacial score (nSPS) is 14.4. The summed E-state index contributed by atoms with van der Waals surface area (Å²) in [5.41, 5.74) is 8.33. The molecule has 4 nitrogen and oxygen atoms in total. The second-order valence-electron chi connectivity index (χ2n) is 4.00. The quantitative estimate of drug-likeness (QED) is 0.864. The summed E-state index contributed by atoms with van der Waals surface area (Å²) in [5, 5.41) is 9.00. The molecule has 0 saturated heterocycles. The number of nitriles is 1. The van der Waals surface area contributed by atoms with Crippen LogP contribution < -0.4 is 5.73 Å². The van der Waals surface area contributed by atoms with Gasteiger partial charge in [-0.25, -0.2) is 0 Å². The van der Waals surface area contributed by atoms with Crippen molar-refractivity contribution in [3.63, 3.8) is 0 Å². The second-order valence-corrected chi connectivity index (χ2v) is 5.80. The first kappa shape index (κ1) is 12.8. The molecule has 0 radical (unpaired) electrons. The van der Waals surface area contributed by atoms with Crippen LogP contribution in [0.4, 0.5) is 5.82 Å². The Morgan fingerprint density at radius 2 is 2.12 bits per heavy atom. The summed E-state index contributed by atoms with van der Waals surface area (Å²) < 4.78 is 13.2. The van der Waals surface area contributed by atoms with Crippen LogP contribution in [0.5, 0.6) is 0 Å². The fourth-order valence-corrected chi connectivity index (χ4v) is 1.99. The molecule has 88 valence electrons. The molecule has 0 aliphatic heterocycles. The van der Waals surface area contributed by atoms with Crippen LogP contribution in [0.25, 0.3) is 0 Å². The van der Waals surface area contributed by atoms with Gasteiger partial charge in [-0.15, -0.1) is 0 Å². The van der Waals surface area contributed by atoms with Crippen LogP contribution in [-0.4, -0.2) is 20.3 Å². The summed E-state index contributed by atoms with van der Waals surface area (Å²) >= 11 is 0. The van der Waals surface area contributed by atoms with Crippen LogP contribution in [0.3, 0.4) is 0 Å². The Labute approximate surface area is 98.5 Å². The molecule has 0 aliphatic rings. The van der Waals surface area contributed by atoms with Gasteiger partial charge in [0, 0.05) is 34.5 Å². The van der Waals surface area contributed by atoms with Crippen LogP contribution in [0, 0.1) is 25.2 Å². The van der Waals surface area contributed by atoms with Crippen molar-refractivity contribution in [2.45, 2.75) is 32.6 Å². The summed E-state index contributed by atoms with van der Waals surface area (Å²) in [6, 6.07) is 2.11. The molecule has 0 bridgehead atoms. The summed E-state index contributed by atoms with van der Waals surface area (Å²) in [6.45, 7) is 6.31. The molecule has 1 aromatic rings. The predicted octanol–water partition coefficient (Wildman–Crippen LogP) is 1.33. The van der Waals surface area contributed by atoms with Gasteiger partial charge < -0.3 is 10.3 Å². The van der Waals surface area contributed by atoms with Crippen molar-refractivity contribution in [3.05, 3.63) is 16.8 Å². The molecular formula is C11H17N3OS. The fourth-order valence-electron chi connectivity index (χ4n) is 1.63. The molecule has 0 fully saturated rings. The van der Waals surface area contributed by atoms with Gasteiger partial charge in [-0.05, 0) is 26.3 Å². The molecule has 1 aromatic heterocycles. The Bertz CT molecular complexity index is 471. The molecule has 1 rings (SSSR count). The minimum Gasteiger partial charge on any atom is -0.384 e. The zero-order chi connectivity index (χ0) is 12.5. The molecule has 0 aromatic carbocycles. The van der Waals surface area contributed by atoms with E-state index in [0.29, 0.717) is 17.9 Å². The van der Waals surface area contributed by atoms with E-state index < -0.39 is 10.8 Å². The molecule has 0 spiro atoms. The SMILES string of the molecule is Cc1c(C#N)c(N)n(CC(C)S(C)=O)c1C. The van der Waals surface area contributed by atoms with Crippen molar-refractivity contribution in [2.24, 2.45) is 0 Å². The number of rotatable bonds is 3. The van der Waals surface area contributed by atoms with Gasteiger partial charge in [0.1, 0.15) is 11.9 Å². The average molecular weight is 239 g/mol. The number of nitrogen functional groups attached to an aromatic ring is 1. The van der Waals surface area contributed by atoms with E-state index in [0.717, 1.165) is 11.3 Å². The van der Waals surface area contributed by atoms with Gasteiger partial charge in [-0.1, -0.05) is 0 Å². The lowest BCUT2D eigenvalue weighted by Gasteiger charge is -2.13. The van der Waals surface area contributed by atoms with Gasteiger partial charge >= 0.3 is 0 Å². The van der Waals surface area contributed by atoms with Gasteiger partial charge in [-0.2, -0.15) is 5.26 Å². The van der Waals surface area contributed by atoms with Gasteiger partial charge in [0.25, 0.3) is 0 Å². The first-order valence-corrected chi connectivity index (χ1v) is 6.69. The number of hydrogen-bond acceptors (Lipinski definition) is 3. The van der Waals surface area contributed by atoms with E-state index in [2.05, 4.69) is 6.07 Å². The monoisotopic (exact) mass is 239 g/mol. The van der Waals surface area contributed by atoms with Crippen LogP contribution in [0.2, 0.25) is 0 Å². The lowest BCUT2D eigenvalue weighted by atomic mass is 10.2. The Morgan fingerprint density at radius 1 is 1.56 bits per heavy atom. The third-order valence-electron chi connectivity index (χ3n) is 2.99. The summed E-state index contributed by atoms with van der Waals surface area (Å²) in [7, 11) is -0.886. The van der Waals surface area contributed by atoms with Gasteiger partial charge in [0.2, 0.25) is 0 Å². The van der Waals surface area contributed by atoms with Crippen molar-refractivity contribution in [2.75, 3.05) is 12.0 Å². The Balaban J connectivity index is 3.16. The Kier molecular flexibility index (Phi) is 3.76. The summed E-state index contributed by atoms with van der Waals surface area (Å²) in [5.74, 6) is 0.481. The van der Waals surface area contributed by atoms with E-state index in [1.807, 2.05) is 25.3 Å². The number of nitrogens with zero attached hydrogens (tertiary/aromatic N) is 2. The average Bonchev–Trinajstić information content (AvgIpc) is 2.42. The Morgan fingerprint density at radius 3 is 2.50 bits per heavy atom. The third-order valence-corrected chi connectivity index (χ3v) is 4.27. The van der Waals surface area contributed by atoms with E-state index in [1.54, 1.807) is 6.26 Å². The lowest BCUT2D eigenvalue weighted by Crippen LogP contribution is -2.19. The van der Waals surface area contributed by atoms with Gasteiger partial charge in [0.05, 0.1) is 5.56 Å². The molecule has 2 atom stereocenters. The van der Waals surface area contributed by atoms with Crippen molar-refractivity contribution in [1.29, 1.82) is 5.26 Å². The number of aromatic nitrogens is 1. The number of nitrogens with two attached hydrogens (primary N) is 1. The maximum absolute atomic E-state index is 11.3. The van der Waals surface area contributed by atoms with E-state index in [-0.39, 0.29) is 5.25 Å². The van der Waals surface area contributed by atoms with Crippen molar-refractivity contribution in [3.8, 4) is 6.07 Å². The van der Waals surface area contributed by atoms with Crippen molar-refractivity contribution < 1.29 is 4.21 Å². The van der Waals surface area contributed by atoms with Crippen LogP contribution in [-0.2, 0) is 17.3 Å². The molecular weight excluding hydrogens is 222 g/mol. The van der Waals surface area contributed by atoms with Crippen LogP contribution in [0.1, 0.15) is 23.7 Å². The van der Waals surface area contributed by atoms with E-state index in [4.69, 9.17) is 11.0 Å². The van der Waals surface area contributed by atoms with Crippen molar-refractivity contribution in [1.82, 2.24) is 4.57 Å². The molecule has 0 saturated carbocycles. The minimum absolute atomic E-state index is 0.0272. The third kappa shape index (κ3) is 2.12. The van der Waals surface area contributed by atoms with Gasteiger partial charge in [0.15, 0.2) is 0 Å². The molecule has 0 amide bonds. The highest BCUT2D eigenvalue weighted by atomic mass is 32.2. The summed E-state index contributed by atoms with van der Waals surface area (Å²) in [6.07, 6.45) is 1.68. The smallest absolute Gasteiger partial charge is 0.122 e. The zero-order valence-electron chi connectivity index (χ0n) is 10.1. The highest BCUT2D eigenvalue weighted by molar-refractivity contribution is 7.84. The van der Waals surface area contributed by atoms with Gasteiger partial charge in [-0.3, -0.25) is 4.21 Å². The molecule has 5 heteroatoms. The fraction of sp³-hybridized carbons (Fsp3) is 0.545. The standard InChI is InChI=1S/C11H17N3OS/c1-7(16(4)15)6-14-9(3)8(2)10(5-12)11(14)13/h7H,6,13H2,1-4H3. The molecule has 1 heterocycles. The van der Waals surface area contributed by atoms with E-state index in [9.17, 15) is 4.21 Å². The number of hydrogen-bond donors (Lipinski definition) is 1. The minimum atomic E-state index is -0.886. The van der Waals surface area contributed by atoms with E-state index >= 15 is 0 Å². The highest BCUT2D eigenvalue weighted by Crippen LogP contribution is 2.24. The Hall–Kier alpha value is -1.28. The molecule has 0 aliphatic carbocycles. The van der Waals surface area contributed by atoms with E-state index in [1.165, 1.54) is 0 Å².